The van der Waals surface area contributed by atoms with E-state index in [1.165, 1.54) is 6.07 Å². The average molecular weight is 432 g/mol. The lowest BCUT2D eigenvalue weighted by Gasteiger charge is -2.32. The summed E-state index contributed by atoms with van der Waals surface area (Å²) >= 11 is 0. The largest absolute Gasteiger partial charge is 0.349 e. The van der Waals surface area contributed by atoms with Crippen molar-refractivity contribution in [1.82, 2.24) is 10.2 Å². The Morgan fingerprint density at radius 1 is 0.875 bits per heavy atom. The number of halogens is 2. The number of rotatable bonds is 4. The SMILES string of the molecule is O=C(NC1CCN(Cc2ccc(F)c(F)c2)CC1)c1ccc2c(c1)C(=O)c1ccccc1-2. The lowest BCUT2D eigenvalue weighted by molar-refractivity contribution is 0.0909. The highest BCUT2D eigenvalue weighted by atomic mass is 19.2. The lowest BCUT2D eigenvalue weighted by Crippen LogP contribution is -2.44. The van der Waals surface area contributed by atoms with Gasteiger partial charge in [0.05, 0.1) is 0 Å². The van der Waals surface area contributed by atoms with Crippen LogP contribution < -0.4 is 5.32 Å². The standard InChI is InChI=1S/C26H22F2N2O2/c27-23-8-5-16(13-24(23)28)15-30-11-9-18(10-12-30)29-26(32)17-6-7-20-19-3-1-2-4-21(19)25(31)22(20)14-17/h1-8,13-14,18H,9-12,15H2,(H,29,32). The molecule has 0 unspecified atom stereocenters. The molecule has 1 amide bonds. The molecule has 6 heteroatoms. The summed E-state index contributed by atoms with van der Waals surface area (Å²) in [6.45, 7) is 2.05. The van der Waals surface area contributed by atoms with Crippen LogP contribution in [0.5, 0.6) is 0 Å². The minimum atomic E-state index is -0.840. The molecular formula is C26H22F2N2O2. The van der Waals surface area contributed by atoms with E-state index >= 15 is 0 Å². The van der Waals surface area contributed by atoms with Gasteiger partial charge >= 0.3 is 0 Å². The summed E-state index contributed by atoms with van der Waals surface area (Å²) in [6, 6.07) is 16.8. The molecule has 3 aromatic rings. The Morgan fingerprint density at radius 2 is 1.59 bits per heavy atom. The van der Waals surface area contributed by atoms with Crippen LogP contribution in [0.4, 0.5) is 8.78 Å². The van der Waals surface area contributed by atoms with E-state index in [9.17, 15) is 18.4 Å². The molecule has 1 fully saturated rings. The number of hydrogen-bond acceptors (Lipinski definition) is 3. The van der Waals surface area contributed by atoms with Crippen LogP contribution in [-0.4, -0.2) is 35.7 Å². The normalized spacial score (nSPS) is 16.0. The predicted molar refractivity (Wildman–Crippen MR) is 117 cm³/mol. The molecule has 32 heavy (non-hydrogen) atoms. The van der Waals surface area contributed by atoms with Crippen molar-refractivity contribution < 1.29 is 18.4 Å². The van der Waals surface area contributed by atoms with Gasteiger partial charge in [0.15, 0.2) is 17.4 Å². The van der Waals surface area contributed by atoms with E-state index < -0.39 is 11.6 Å². The van der Waals surface area contributed by atoms with Crippen LogP contribution >= 0.6 is 0 Å². The summed E-state index contributed by atoms with van der Waals surface area (Å²) in [5.41, 5.74) is 4.23. The van der Waals surface area contributed by atoms with Crippen molar-refractivity contribution in [3.8, 4) is 11.1 Å². The third-order valence-electron chi connectivity index (χ3n) is 6.30. The molecule has 1 heterocycles. The molecule has 0 saturated carbocycles. The Balaban J connectivity index is 1.20. The monoisotopic (exact) mass is 432 g/mol. The number of ketones is 1. The van der Waals surface area contributed by atoms with E-state index in [1.807, 2.05) is 30.3 Å². The molecule has 0 radical (unpaired) electrons. The number of likely N-dealkylation sites (tertiary alicyclic amines) is 1. The van der Waals surface area contributed by atoms with E-state index in [2.05, 4.69) is 10.2 Å². The highest BCUT2D eigenvalue weighted by Gasteiger charge is 2.28. The minimum Gasteiger partial charge on any atom is -0.349 e. The summed E-state index contributed by atoms with van der Waals surface area (Å²) < 4.78 is 26.5. The summed E-state index contributed by atoms with van der Waals surface area (Å²) in [7, 11) is 0. The van der Waals surface area contributed by atoms with Crippen molar-refractivity contribution >= 4 is 11.7 Å². The molecule has 1 saturated heterocycles. The second-order valence-corrected chi connectivity index (χ2v) is 8.41. The molecule has 0 bridgehead atoms. The van der Waals surface area contributed by atoms with Gasteiger partial charge in [-0.05, 0) is 53.8 Å². The number of benzene rings is 3. The quantitative estimate of drug-likeness (QED) is 0.514. The topological polar surface area (TPSA) is 49.4 Å². The molecule has 1 aliphatic carbocycles. The number of hydrogen-bond donors (Lipinski definition) is 1. The first kappa shape index (κ1) is 20.5. The van der Waals surface area contributed by atoms with Gasteiger partial charge in [-0.15, -0.1) is 0 Å². The first-order chi connectivity index (χ1) is 15.5. The number of carbonyl (C=O) groups is 2. The van der Waals surface area contributed by atoms with E-state index in [4.69, 9.17) is 0 Å². The van der Waals surface area contributed by atoms with E-state index in [-0.39, 0.29) is 17.7 Å². The second-order valence-electron chi connectivity index (χ2n) is 8.41. The Kier molecular flexibility index (Phi) is 5.31. The molecule has 2 aliphatic rings. The molecule has 0 atom stereocenters. The van der Waals surface area contributed by atoms with Gasteiger partial charge in [0.2, 0.25) is 0 Å². The van der Waals surface area contributed by atoms with Gasteiger partial charge < -0.3 is 5.32 Å². The van der Waals surface area contributed by atoms with Gasteiger partial charge in [-0.25, -0.2) is 8.78 Å². The number of fused-ring (bicyclic) bond motifs is 3. The van der Waals surface area contributed by atoms with Crippen LogP contribution in [-0.2, 0) is 6.54 Å². The van der Waals surface area contributed by atoms with Gasteiger partial charge in [0.25, 0.3) is 5.91 Å². The predicted octanol–water partition coefficient (Wildman–Crippen LogP) is 4.57. The summed E-state index contributed by atoms with van der Waals surface area (Å²) in [5.74, 6) is -1.90. The highest BCUT2D eigenvalue weighted by Crippen LogP contribution is 2.36. The third kappa shape index (κ3) is 3.82. The van der Waals surface area contributed by atoms with E-state index in [0.717, 1.165) is 48.7 Å². The van der Waals surface area contributed by atoms with Crippen LogP contribution in [0.15, 0.2) is 60.7 Å². The maximum absolute atomic E-state index is 13.4. The maximum atomic E-state index is 13.4. The van der Waals surface area contributed by atoms with E-state index in [0.29, 0.717) is 23.2 Å². The van der Waals surface area contributed by atoms with Gasteiger partial charge in [0.1, 0.15) is 0 Å². The highest BCUT2D eigenvalue weighted by molar-refractivity contribution is 6.22. The molecule has 162 valence electrons. The number of carbonyl (C=O) groups excluding carboxylic acids is 2. The van der Waals surface area contributed by atoms with Crippen LogP contribution in [0.1, 0.15) is 44.7 Å². The fourth-order valence-corrected chi connectivity index (χ4v) is 4.57. The smallest absolute Gasteiger partial charge is 0.251 e. The summed E-state index contributed by atoms with van der Waals surface area (Å²) in [5, 5.41) is 3.08. The lowest BCUT2D eigenvalue weighted by atomic mass is 10.0. The number of piperidine rings is 1. The van der Waals surface area contributed by atoms with Crippen LogP contribution in [0.2, 0.25) is 0 Å². The number of amides is 1. The fraction of sp³-hybridized carbons (Fsp3) is 0.231. The Hall–Kier alpha value is -3.38. The molecule has 0 aromatic heterocycles. The summed E-state index contributed by atoms with van der Waals surface area (Å²) in [4.78, 5) is 27.7. The summed E-state index contributed by atoms with van der Waals surface area (Å²) in [6.07, 6.45) is 1.54. The Morgan fingerprint density at radius 3 is 2.34 bits per heavy atom. The van der Waals surface area contributed by atoms with Crippen molar-refractivity contribution in [2.24, 2.45) is 0 Å². The van der Waals surface area contributed by atoms with Crippen molar-refractivity contribution in [2.75, 3.05) is 13.1 Å². The Labute approximate surface area is 184 Å². The maximum Gasteiger partial charge on any atom is 0.251 e. The van der Waals surface area contributed by atoms with Crippen molar-refractivity contribution in [2.45, 2.75) is 25.4 Å². The number of nitrogens with one attached hydrogen (secondary N) is 1. The van der Waals surface area contributed by atoms with Crippen molar-refractivity contribution in [1.29, 1.82) is 0 Å². The molecule has 4 nitrogen and oxygen atoms in total. The van der Waals surface area contributed by atoms with Gasteiger partial charge in [-0.3, -0.25) is 14.5 Å². The zero-order valence-electron chi connectivity index (χ0n) is 17.4. The molecule has 1 aliphatic heterocycles. The van der Waals surface area contributed by atoms with Gasteiger partial charge in [0, 0.05) is 42.4 Å². The van der Waals surface area contributed by atoms with Gasteiger partial charge in [-0.1, -0.05) is 36.4 Å². The average Bonchev–Trinajstić information content (AvgIpc) is 3.09. The second kappa shape index (κ2) is 8.28. The third-order valence-corrected chi connectivity index (χ3v) is 6.30. The Bertz CT molecular complexity index is 1220. The van der Waals surface area contributed by atoms with Crippen LogP contribution in [0.3, 0.4) is 0 Å². The molecule has 3 aromatic carbocycles. The van der Waals surface area contributed by atoms with Crippen LogP contribution in [0, 0.1) is 11.6 Å². The zero-order valence-corrected chi connectivity index (χ0v) is 17.4. The minimum absolute atomic E-state index is 0.0323. The van der Waals surface area contributed by atoms with Crippen molar-refractivity contribution in [3.63, 3.8) is 0 Å². The fourth-order valence-electron chi connectivity index (χ4n) is 4.57. The first-order valence-corrected chi connectivity index (χ1v) is 10.7. The molecular weight excluding hydrogens is 410 g/mol. The molecule has 0 spiro atoms. The molecule has 5 rings (SSSR count). The first-order valence-electron chi connectivity index (χ1n) is 10.7. The zero-order chi connectivity index (χ0) is 22.2. The number of nitrogens with zero attached hydrogens (tertiary/aromatic N) is 1. The molecule has 1 N–H and O–H groups in total. The van der Waals surface area contributed by atoms with Crippen LogP contribution in [0.25, 0.3) is 11.1 Å². The van der Waals surface area contributed by atoms with Gasteiger partial charge in [-0.2, -0.15) is 0 Å². The van der Waals surface area contributed by atoms with Crippen molar-refractivity contribution in [3.05, 3.63) is 94.6 Å². The van der Waals surface area contributed by atoms with E-state index in [1.54, 1.807) is 18.2 Å².